The average Bonchev–Trinajstić information content (AvgIpc) is 2.75. The Balaban J connectivity index is 2.27. The molecule has 25 heavy (non-hydrogen) atoms. The number of carbonyl (C=O) groups excluding carboxylic acids is 1. The van der Waals surface area contributed by atoms with Gasteiger partial charge in [-0.05, 0) is 24.6 Å². The molecule has 0 N–H and O–H groups in total. The van der Waals surface area contributed by atoms with Crippen molar-refractivity contribution in [2.24, 2.45) is 5.41 Å². The minimum atomic E-state index is -4.66. The van der Waals surface area contributed by atoms with E-state index in [4.69, 9.17) is 10.00 Å². The first-order valence-electron chi connectivity index (χ1n) is 8.17. The number of amides is 1. The van der Waals surface area contributed by atoms with Gasteiger partial charge in [0.05, 0.1) is 17.2 Å². The first-order chi connectivity index (χ1) is 11.6. The Labute approximate surface area is 145 Å². The van der Waals surface area contributed by atoms with Crippen LogP contribution in [0.1, 0.15) is 44.7 Å². The largest absolute Gasteiger partial charge is 0.480 e. The summed E-state index contributed by atoms with van der Waals surface area (Å²) in [5.74, 6) is -0.272. The molecule has 1 aromatic rings. The highest BCUT2D eigenvalue weighted by atomic mass is 19.4. The summed E-state index contributed by atoms with van der Waals surface area (Å²) in [6.45, 7) is 6.85. The zero-order valence-corrected chi connectivity index (χ0v) is 14.5. The molecule has 0 radical (unpaired) electrons. The predicted octanol–water partition coefficient (Wildman–Crippen LogP) is 3.99. The number of hydrogen-bond donors (Lipinski definition) is 0. The number of halogens is 3. The molecule has 1 saturated heterocycles. The van der Waals surface area contributed by atoms with Gasteiger partial charge in [-0.25, -0.2) is 0 Å². The van der Waals surface area contributed by atoms with Crippen molar-refractivity contribution in [1.29, 1.82) is 5.26 Å². The summed E-state index contributed by atoms with van der Waals surface area (Å²) in [6, 6.07) is 4.68. The van der Waals surface area contributed by atoms with Crippen LogP contribution >= 0.6 is 0 Å². The normalized spacial score (nSPS) is 19.8. The maximum atomic E-state index is 13.1. The first-order valence-corrected chi connectivity index (χ1v) is 8.17. The SMILES string of the molecule is CCCCN1CC(C)(C)[C@@H](Oc2ccc(C#N)c(C(F)(F)F)c2)C1=O. The first kappa shape index (κ1) is 19.1. The Morgan fingerprint density at radius 3 is 2.64 bits per heavy atom. The van der Waals surface area contributed by atoms with E-state index in [0.29, 0.717) is 13.1 Å². The summed E-state index contributed by atoms with van der Waals surface area (Å²) >= 11 is 0. The van der Waals surface area contributed by atoms with Gasteiger partial charge in [-0.2, -0.15) is 18.4 Å². The fourth-order valence-corrected chi connectivity index (χ4v) is 2.97. The molecular formula is C18H21F3N2O2. The van der Waals surface area contributed by atoms with E-state index < -0.39 is 28.8 Å². The van der Waals surface area contributed by atoms with Gasteiger partial charge in [-0.15, -0.1) is 0 Å². The Morgan fingerprint density at radius 2 is 2.08 bits per heavy atom. The molecule has 7 heteroatoms. The van der Waals surface area contributed by atoms with Crippen molar-refractivity contribution in [2.45, 2.75) is 45.9 Å². The Kier molecular flexibility index (Phi) is 5.31. The lowest BCUT2D eigenvalue weighted by Gasteiger charge is -2.24. The van der Waals surface area contributed by atoms with Crippen molar-refractivity contribution in [3.05, 3.63) is 29.3 Å². The van der Waals surface area contributed by atoms with E-state index in [1.54, 1.807) is 4.90 Å². The van der Waals surface area contributed by atoms with Crippen LogP contribution in [0, 0.1) is 16.7 Å². The van der Waals surface area contributed by atoms with Crippen molar-refractivity contribution in [1.82, 2.24) is 4.90 Å². The fourth-order valence-electron chi connectivity index (χ4n) is 2.97. The number of benzene rings is 1. The smallest absolute Gasteiger partial charge is 0.417 e. The van der Waals surface area contributed by atoms with Crippen LogP contribution in [-0.2, 0) is 11.0 Å². The van der Waals surface area contributed by atoms with E-state index in [9.17, 15) is 18.0 Å². The van der Waals surface area contributed by atoms with Crippen molar-refractivity contribution < 1.29 is 22.7 Å². The number of ether oxygens (including phenoxy) is 1. The molecule has 1 aliphatic heterocycles. The summed E-state index contributed by atoms with van der Waals surface area (Å²) in [7, 11) is 0. The second-order valence-electron chi connectivity index (χ2n) is 6.92. The standard InChI is InChI=1S/C18H21F3N2O2/c1-4-5-8-23-11-17(2,3)15(16(23)24)25-13-7-6-12(10-22)14(9-13)18(19,20)21/h6-7,9,15H,4-5,8,11H2,1-3H3/t15-/m0/s1. The minimum absolute atomic E-state index is 0.0601. The van der Waals surface area contributed by atoms with Crippen LogP contribution in [0.5, 0.6) is 5.75 Å². The highest BCUT2D eigenvalue weighted by Crippen LogP contribution is 2.37. The number of nitriles is 1. The quantitative estimate of drug-likeness (QED) is 0.803. The van der Waals surface area contributed by atoms with E-state index in [-0.39, 0.29) is 11.7 Å². The van der Waals surface area contributed by atoms with E-state index in [0.717, 1.165) is 25.0 Å². The lowest BCUT2D eigenvalue weighted by molar-refractivity contribution is -0.138. The molecule has 0 spiro atoms. The second-order valence-corrected chi connectivity index (χ2v) is 6.92. The van der Waals surface area contributed by atoms with Crippen LogP contribution in [-0.4, -0.2) is 30.0 Å². The number of alkyl halides is 3. The third-order valence-electron chi connectivity index (χ3n) is 4.30. The lowest BCUT2D eigenvalue weighted by atomic mass is 9.89. The van der Waals surface area contributed by atoms with Gasteiger partial charge in [0.25, 0.3) is 5.91 Å². The summed E-state index contributed by atoms with van der Waals surface area (Å²) in [5, 5.41) is 8.85. The lowest BCUT2D eigenvalue weighted by Crippen LogP contribution is -2.37. The molecule has 1 amide bonds. The Morgan fingerprint density at radius 1 is 1.40 bits per heavy atom. The van der Waals surface area contributed by atoms with Gasteiger partial charge in [0, 0.05) is 18.5 Å². The fraction of sp³-hybridized carbons (Fsp3) is 0.556. The molecule has 2 rings (SSSR count). The zero-order valence-electron chi connectivity index (χ0n) is 14.5. The average molecular weight is 354 g/mol. The highest BCUT2D eigenvalue weighted by Gasteiger charge is 2.48. The van der Waals surface area contributed by atoms with Crippen LogP contribution in [0.3, 0.4) is 0 Å². The molecule has 0 bridgehead atoms. The molecule has 1 atom stereocenters. The van der Waals surface area contributed by atoms with E-state index >= 15 is 0 Å². The number of rotatable bonds is 5. The summed E-state index contributed by atoms with van der Waals surface area (Å²) < 4.78 is 44.9. The number of carbonyl (C=O) groups is 1. The highest BCUT2D eigenvalue weighted by molar-refractivity contribution is 5.84. The van der Waals surface area contributed by atoms with Crippen LogP contribution in [0.2, 0.25) is 0 Å². The van der Waals surface area contributed by atoms with Crippen LogP contribution in [0.25, 0.3) is 0 Å². The van der Waals surface area contributed by atoms with Gasteiger partial charge in [-0.1, -0.05) is 27.2 Å². The summed E-state index contributed by atoms with van der Waals surface area (Å²) in [4.78, 5) is 14.3. The van der Waals surface area contributed by atoms with Crippen molar-refractivity contribution in [3.8, 4) is 11.8 Å². The third-order valence-corrected chi connectivity index (χ3v) is 4.30. The summed E-state index contributed by atoms with van der Waals surface area (Å²) in [5.41, 5.74) is -2.04. The van der Waals surface area contributed by atoms with Crippen molar-refractivity contribution >= 4 is 5.91 Å². The van der Waals surface area contributed by atoms with Crippen LogP contribution < -0.4 is 4.74 Å². The zero-order chi connectivity index (χ0) is 18.8. The summed E-state index contributed by atoms with van der Waals surface area (Å²) in [6.07, 6.45) is -3.70. The molecule has 1 fully saturated rings. The van der Waals surface area contributed by atoms with Crippen LogP contribution in [0.15, 0.2) is 18.2 Å². The van der Waals surface area contributed by atoms with Gasteiger partial charge in [0.1, 0.15) is 5.75 Å². The molecule has 4 nitrogen and oxygen atoms in total. The van der Waals surface area contributed by atoms with Crippen molar-refractivity contribution in [2.75, 3.05) is 13.1 Å². The maximum absolute atomic E-state index is 13.1. The minimum Gasteiger partial charge on any atom is -0.480 e. The van der Waals surface area contributed by atoms with E-state index in [1.165, 1.54) is 12.1 Å². The predicted molar refractivity (Wildman–Crippen MR) is 85.8 cm³/mol. The molecule has 136 valence electrons. The molecule has 1 aromatic carbocycles. The van der Waals surface area contributed by atoms with Crippen LogP contribution in [0.4, 0.5) is 13.2 Å². The van der Waals surface area contributed by atoms with Crippen molar-refractivity contribution in [3.63, 3.8) is 0 Å². The number of unbranched alkanes of at least 4 members (excludes halogenated alkanes) is 1. The number of likely N-dealkylation sites (tertiary alicyclic amines) is 1. The monoisotopic (exact) mass is 354 g/mol. The van der Waals surface area contributed by atoms with E-state index in [2.05, 4.69) is 0 Å². The molecule has 0 saturated carbocycles. The van der Waals surface area contributed by atoms with Gasteiger partial charge < -0.3 is 9.64 Å². The molecule has 1 aliphatic rings. The number of hydrogen-bond acceptors (Lipinski definition) is 3. The molecule has 1 heterocycles. The maximum Gasteiger partial charge on any atom is 0.417 e. The van der Waals surface area contributed by atoms with Gasteiger partial charge >= 0.3 is 6.18 Å². The molecule has 0 unspecified atom stereocenters. The van der Waals surface area contributed by atoms with E-state index in [1.807, 2.05) is 20.8 Å². The molecule has 0 aromatic heterocycles. The Bertz CT molecular complexity index is 693. The van der Waals surface area contributed by atoms with Gasteiger partial charge in [0.2, 0.25) is 0 Å². The molecular weight excluding hydrogens is 333 g/mol. The van der Waals surface area contributed by atoms with Gasteiger partial charge in [-0.3, -0.25) is 4.79 Å². The Hall–Kier alpha value is -2.23. The number of nitrogens with zero attached hydrogens (tertiary/aromatic N) is 2. The molecule has 0 aliphatic carbocycles. The second kappa shape index (κ2) is 6.95. The van der Waals surface area contributed by atoms with Gasteiger partial charge in [0.15, 0.2) is 6.10 Å². The topological polar surface area (TPSA) is 53.3 Å². The third kappa shape index (κ3) is 4.06.